The van der Waals surface area contributed by atoms with Gasteiger partial charge < -0.3 is 5.32 Å². The lowest BCUT2D eigenvalue weighted by atomic mass is 9.96. The van der Waals surface area contributed by atoms with E-state index in [1.807, 2.05) is 6.07 Å². The highest BCUT2D eigenvalue weighted by molar-refractivity contribution is 6.31. The molecule has 1 aliphatic carbocycles. The molecular weight excluding hydrogens is 237 g/mol. The van der Waals surface area contributed by atoms with Gasteiger partial charge in [0.25, 0.3) is 0 Å². The van der Waals surface area contributed by atoms with Crippen molar-refractivity contribution in [2.75, 3.05) is 13.1 Å². The molecule has 1 aliphatic rings. The predicted octanol–water partition coefficient (Wildman–Crippen LogP) is 3.80. The van der Waals surface area contributed by atoms with Crippen LogP contribution >= 0.6 is 11.6 Å². The minimum atomic E-state index is -0.304. The predicted molar refractivity (Wildman–Crippen MR) is 69.9 cm³/mol. The lowest BCUT2D eigenvalue weighted by molar-refractivity contribution is 0.454. The maximum absolute atomic E-state index is 13.3. The van der Waals surface area contributed by atoms with Crippen molar-refractivity contribution < 1.29 is 4.39 Å². The molecule has 0 unspecified atom stereocenters. The number of halogens is 2. The van der Waals surface area contributed by atoms with E-state index in [9.17, 15) is 4.39 Å². The smallest absolute Gasteiger partial charge is 0.142 e. The molecule has 1 saturated carbocycles. The summed E-state index contributed by atoms with van der Waals surface area (Å²) in [7, 11) is 0. The van der Waals surface area contributed by atoms with E-state index in [0.717, 1.165) is 31.5 Å². The lowest BCUT2D eigenvalue weighted by Gasteiger charge is -2.16. The van der Waals surface area contributed by atoms with Crippen molar-refractivity contribution in [2.24, 2.45) is 5.41 Å². The molecular formula is C14H19ClFN. The van der Waals surface area contributed by atoms with Crippen molar-refractivity contribution >= 4 is 11.6 Å². The second kappa shape index (κ2) is 5.36. The van der Waals surface area contributed by atoms with Crippen molar-refractivity contribution in [3.05, 3.63) is 34.6 Å². The largest absolute Gasteiger partial charge is 0.316 e. The Kier molecular flexibility index (Phi) is 4.05. The Morgan fingerprint density at radius 2 is 2.18 bits per heavy atom. The summed E-state index contributed by atoms with van der Waals surface area (Å²) < 4.78 is 13.3. The van der Waals surface area contributed by atoms with Crippen LogP contribution in [0.25, 0.3) is 0 Å². The van der Waals surface area contributed by atoms with Crippen LogP contribution < -0.4 is 5.32 Å². The highest BCUT2D eigenvalue weighted by Crippen LogP contribution is 2.48. The van der Waals surface area contributed by atoms with Crippen LogP contribution in [0.5, 0.6) is 0 Å². The third-order valence-corrected chi connectivity index (χ3v) is 3.90. The van der Waals surface area contributed by atoms with Crippen LogP contribution in [0, 0.1) is 11.2 Å². The van der Waals surface area contributed by atoms with Gasteiger partial charge in [0.15, 0.2) is 0 Å². The molecule has 0 aromatic heterocycles. The molecule has 2 rings (SSSR count). The second-order valence-electron chi connectivity index (χ2n) is 5.07. The molecule has 0 aliphatic heterocycles. The molecule has 0 bridgehead atoms. The first kappa shape index (κ1) is 12.8. The van der Waals surface area contributed by atoms with Crippen LogP contribution in [-0.4, -0.2) is 13.1 Å². The summed E-state index contributed by atoms with van der Waals surface area (Å²) in [4.78, 5) is 0. The van der Waals surface area contributed by atoms with E-state index >= 15 is 0 Å². The SMILES string of the molecule is CCCNCC1(Cc2cccc(F)c2Cl)CC1. The van der Waals surface area contributed by atoms with Crippen molar-refractivity contribution in [3.8, 4) is 0 Å². The highest BCUT2D eigenvalue weighted by atomic mass is 35.5. The molecule has 1 aromatic carbocycles. The van der Waals surface area contributed by atoms with Crippen LogP contribution in [0.4, 0.5) is 4.39 Å². The Morgan fingerprint density at radius 3 is 2.82 bits per heavy atom. The van der Waals surface area contributed by atoms with Gasteiger partial charge in [0, 0.05) is 6.54 Å². The van der Waals surface area contributed by atoms with E-state index in [0.29, 0.717) is 10.4 Å². The molecule has 1 aromatic rings. The maximum Gasteiger partial charge on any atom is 0.142 e. The Hall–Kier alpha value is -0.600. The summed E-state index contributed by atoms with van der Waals surface area (Å²) in [5.41, 5.74) is 1.27. The topological polar surface area (TPSA) is 12.0 Å². The van der Waals surface area contributed by atoms with Gasteiger partial charge in [0.05, 0.1) is 5.02 Å². The van der Waals surface area contributed by atoms with E-state index < -0.39 is 0 Å². The maximum atomic E-state index is 13.3. The van der Waals surface area contributed by atoms with Crippen molar-refractivity contribution in [3.63, 3.8) is 0 Å². The van der Waals surface area contributed by atoms with Gasteiger partial charge in [-0.05, 0) is 49.3 Å². The minimum absolute atomic E-state index is 0.300. The molecule has 1 nitrogen and oxygen atoms in total. The monoisotopic (exact) mass is 255 g/mol. The lowest BCUT2D eigenvalue weighted by Crippen LogP contribution is -2.26. The molecule has 0 atom stereocenters. The van der Waals surface area contributed by atoms with Crippen LogP contribution in [-0.2, 0) is 6.42 Å². The molecule has 1 N–H and O–H groups in total. The fourth-order valence-electron chi connectivity index (χ4n) is 2.21. The quantitative estimate of drug-likeness (QED) is 0.763. The van der Waals surface area contributed by atoms with E-state index in [2.05, 4.69) is 12.2 Å². The van der Waals surface area contributed by atoms with Gasteiger partial charge >= 0.3 is 0 Å². The molecule has 1 fully saturated rings. The number of rotatable bonds is 6. The summed E-state index contributed by atoms with van der Waals surface area (Å²) >= 11 is 5.99. The Labute approximate surface area is 107 Å². The zero-order chi connectivity index (χ0) is 12.3. The molecule has 0 saturated heterocycles. The van der Waals surface area contributed by atoms with Crippen LogP contribution in [0.1, 0.15) is 31.7 Å². The van der Waals surface area contributed by atoms with E-state index in [1.54, 1.807) is 6.07 Å². The Balaban J connectivity index is 1.98. The van der Waals surface area contributed by atoms with E-state index in [-0.39, 0.29) is 5.82 Å². The fourth-order valence-corrected chi connectivity index (χ4v) is 2.40. The highest BCUT2D eigenvalue weighted by Gasteiger charge is 2.42. The standard InChI is InChI=1S/C14H19ClFN/c1-2-8-17-10-14(6-7-14)9-11-4-3-5-12(16)13(11)15/h3-5,17H,2,6-10H2,1H3. The number of hydrogen-bond donors (Lipinski definition) is 1. The molecule has 0 spiro atoms. The van der Waals surface area contributed by atoms with Crippen LogP contribution in [0.3, 0.4) is 0 Å². The zero-order valence-corrected chi connectivity index (χ0v) is 11.0. The molecule has 17 heavy (non-hydrogen) atoms. The summed E-state index contributed by atoms with van der Waals surface area (Å²) in [6.45, 7) is 4.24. The Morgan fingerprint density at radius 1 is 1.41 bits per heavy atom. The first-order valence-electron chi connectivity index (χ1n) is 6.30. The fraction of sp³-hybridized carbons (Fsp3) is 0.571. The van der Waals surface area contributed by atoms with Gasteiger partial charge in [-0.2, -0.15) is 0 Å². The molecule has 0 amide bonds. The Bertz CT molecular complexity index is 388. The third-order valence-electron chi connectivity index (χ3n) is 3.48. The van der Waals surface area contributed by atoms with Gasteiger partial charge in [-0.15, -0.1) is 0 Å². The number of benzene rings is 1. The summed E-state index contributed by atoms with van der Waals surface area (Å²) in [6, 6.07) is 5.10. The van der Waals surface area contributed by atoms with Gasteiger partial charge in [0.1, 0.15) is 5.82 Å². The van der Waals surface area contributed by atoms with Crippen LogP contribution in [0.15, 0.2) is 18.2 Å². The van der Waals surface area contributed by atoms with Crippen molar-refractivity contribution in [1.82, 2.24) is 5.32 Å². The molecule has 0 radical (unpaired) electrons. The van der Waals surface area contributed by atoms with E-state index in [1.165, 1.54) is 18.9 Å². The number of hydrogen-bond acceptors (Lipinski definition) is 1. The van der Waals surface area contributed by atoms with Gasteiger partial charge in [0.2, 0.25) is 0 Å². The molecule has 3 heteroatoms. The van der Waals surface area contributed by atoms with E-state index in [4.69, 9.17) is 11.6 Å². The summed E-state index contributed by atoms with van der Waals surface area (Å²) in [5, 5.41) is 3.76. The first-order valence-corrected chi connectivity index (χ1v) is 6.68. The minimum Gasteiger partial charge on any atom is -0.316 e. The van der Waals surface area contributed by atoms with Gasteiger partial charge in [-0.25, -0.2) is 4.39 Å². The average molecular weight is 256 g/mol. The van der Waals surface area contributed by atoms with Crippen molar-refractivity contribution in [1.29, 1.82) is 0 Å². The van der Waals surface area contributed by atoms with Crippen LogP contribution in [0.2, 0.25) is 5.02 Å². The first-order chi connectivity index (χ1) is 8.17. The second-order valence-corrected chi connectivity index (χ2v) is 5.44. The average Bonchev–Trinajstić information content (AvgIpc) is 3.06. The summed E-state index contributed by atoms with van der Waals surface area (Å²) in [6.07, 6.45) is 4.48. The zero-order valence-electron chi connectivity index (χ0n) is 10.2. The molecule has 94 valence electrons. The van der Waals surface area contributed by atoms with Gasteiger partial charge in [-0.3, -0.25) is 0 Å². The normalized spacial score (nSPS) is 17.1. The third kappa shape index (κ3) is 3.20. The molecule has 0 heterocycles. The summed E-state index contributed by atoms with van der Waals surface area (Å²) in [5.74, 6) is -0.304. The number of nitrogens with one attached hydrogen (secondary N) is 1. The van der Waals surface area contributed by atoms with Crippen molar-refractivity contribution in [2.45, 2.75) is 32.6 Å². The van der Waals surface area contributed by atoms with Gasteiger partial charge in [-0.1, -0.05) is 30.7 Å².